The zero-order chi connectivity index (χ0) is 24.8. The van der Waals surface area contributed by atoms with E-state index in [9.17, 15) is 18.0 Å². The molecule has 13 heteroatoms. The van der Waals surface area contributed by atoms with Crippen LogP contribution < -0.4 is 11.1 Å². The molecule has 0 saturated heterocycles. The van der Waals surface area contributed by atoms with Crippen LogP contribution in [0.3, 0.4) is 0 Å². The summed E-state index contributed by atoms with van der Waals surface area (Å²) in [5.74, 6) is -0.314. The number of hydrogen-bond donors (Lipinski definition) is 3. The number of nitrogen functional groups attached to an aromatic ring is 1. The number of carbonyl (C=O) groups excluding carboxylic acids is 1. The third kappa shape index (κ3) is 4.50. The number of ether oxygens (including phenoxy) is 1. The lowest BCUT2D eigenvalue weighted by Crippen LogP contribution is -2.29. The van der Waals surface area contributed by atoms with Gasteiger partial charge in [0, 0.05) is 23.0 Å². The van der Waals surface area contributed by atoms with Gasteiger partial charge in [0.25, 0.3) is 5.91 Å². The lowest BCUT2D eigenvalue weighted by Gasteiger charge is -2.19. The highest BCUT2D eigenvalue weighted by Gasteiger charge is 2.29. The van der Waals surface area contributed by atoms with Crippen molar-refractivity contribution in [3.05, 3.63) is 35.1 Å². The lowest BCUT2D eigenvalue weighted by molar-refractivity contribution is -0.323. The van der Waals surface area contributed by atoms with E-state index in [0.29, 0.717) is 38.3 Å². The maximum atomic E-state index is 12.4. The molecule has 34 heavy (non-hydrogen) atoms. The van der Waals surface area contributed by atoms with E-state index >= 15 is 0 Å². The van der Waals surface area contributed by atoms with Gasteiger partial charge in [-0.05, 0) is 32.9 Å². The summed E-state index contributed by atoms with van der Waals surface area (Å²) in [6, 6.07) is 4.71. The van der Waals surface area contributed by atoms with Crippen molar-refractivity contribution < 1.29 is 22.7 Å². The molecule has 1 aromatic carbocycles. The Labute approximate surface area is 196 Å². The molecule has 0 unspecified atom stereocenters. The fraction of sp³-hybridized carbons (Fsp3) is 0.333. The van der Waals surface area contributed by atoms with Crippen LogP contribution in [0.2, 0.25) is 5.02 Å². The van der Waals surface area contributed by atoms with Gasteiger partial charge in [0.2, 0.25) is 0 Å². The number of anilines is 1. The van der Waals surface area contributed by atoms with Crippen LogP contribution in [0.4, 0.5) is 19.0 Å². The highest BCUT2D eigenvalue weighted by molar-refractivity contribution is 6.38. The first-order valence-electron chi connectivity index (χ1n) is 10.2. The van der Waals surface area contributed by atoms with Gasteiger partial charge in [-0.3, -0.25) is 9.53 Å². The highest BCUT2D eigenvalue weighted by Crippen LogP contribution is 2.39. The van der Waals surface area contributed by atoms with E-state index in [0.717, 1.165) is 0 Å². The van der Waals surface area contributed by atoms with E-state index in [4.69, 9.17) is 22.4 Å². The number of nitrogens with two attached hydrogens (primary N) is 1. The van der Waals surface area contributed by atoms with Crippen LogP contribution >= 0.6 is 11.6 Å². The second-order valence-corrected chi connectivity index (χ2v) is 8.89. The molecule has 0 saturated carbocycles. The fourth-order valence-electron chi connectivity index (χ4n) is 3.52. The third-order valence-electron chi connectivity index (χ3n) is 5.02. The highest BCUT2D eigenvalue weighted by atomic mass is 35.5. The number of alkyl halides is 3. The Hall–Kier alpha value is -3.38. The topological polar surface area (TPSA) is 124 Å². The van der Waals surface area contributed by atoms with Crippen LogP contribution in [0.15, 0.2) is 24.5 Å². The number of benzene rings is 1. The average Bonchev–Trinajstić information content (AvgIpc) is 3.29. The molecule has 0 radical (unpaired) electrons. The number of aromatic amines is 1. The maximum absolute atomic E-state index is 12.4. The van der Waals surface area contributed by atoms with Gasteiger partial charge in [-0.25, -0.2) is 14.6 Å². The van der Waals surface area contributed by atoms with E-state index in [1.807, 2.05) is 20.8 Å². The Morgan fingerprint density at radius 2 is 2.00 bits per heavy atom. The van der Waals surface area contributed by atoms with E-state index in [1.165, 1.54) is 12.4 Å². The largest absolute Gasteiger partial charge is 0.522 e. The lowest BCUT2D eigenvalue weighted by atomic mass is 10.1. The van der Waals surface area contributed by atoms with Crippen LogP contribution in [-0.4, -0.2) is 50.2 Å². The summed E-state index contributed by atoms with van der Waals surface area (Å²) in [6.45, 7) is 4.92. The minimum atomic E-state index is -4.75. The SMILES string of the molecule is CC(C)(C)n1nc(-c2[nH]c3cc(C(=O)NCCOC(F)(F)F)ccc3c2Cl)c2c(N)ncnc21. The van der Waals surface area contributed by atoms with Crippen LogP contribution in [0.5, 0.6) is 0 Å². The molecular weight excluding hydrogens is 475 g/mol. The molecule has 0 fully saturated rings. The number of nitrogens with zero attached hydrogens (tertiary/aromatic N) is 4. The predicted octanol–water partition coefficient (Wildman–Crippen LogP) is 4.23. The Morgan fingerprint density at radius 3 is 2.68 bits per heavy atom. The van der Waals surface area contributed by atoms with Crippen molar-refractivity contribution >= 4 is 45.3 Å². The Kier molecular flexibility index (Phi) is 5.90. The molecule has 0 aliphatic carbocycles. The zero-order valence-corrected chi connectivity index (χ0v) is 19.2. The number of carbonyl (C=O) groups is 1. The summed E-state index contributed by atoms with van der Waals surface area (Å²) in [5.41, 5.74) is 7.99. The maximum Gasteiger partial charge on any atom is 0.522 e. The summed E-state index contributed by atoms with van der Waals surface area (Å²) in [4.78, 5) is 24.0. The Bertz CT molecular complexity index is 1390. The Balaban J connectivity index is 1.70. The quantitative estimate of drug-likeness (QED) is 0.356. The number of H-pyrrole nitrogens is 1. The van der Waals surface area contributed by atoms with Gasteiger partial charge < -0.3 is 16.0 Å². The van der Waals surface area contributed by atoms with Crippen molar-refractivity contribution in [2.75, 3.05) is 18.9 Å². The molecule has 0 aliphatic heterocycles. The van der Waals surface area contributed by atoms with Gasteiger partial charge in [0.15, 0.2) is 5.65 Å². The number of halogens is 4. The van der Waals surface area contributed by atoms with Crippen LogP contribution in [0.25, 0.3) is 33.3 Å². The van der Waals surface area contributed by atoms with Crippen molar-refractivity contribution in [2.45, 2.75) is 32.7 Å². The molecule has 0 atom stereocenters. The standard InChI is InChI=1S/C21H21ClF3N7O2/c1-20(2,3)32-18-13(17(26)28-9-29-18)15(31-32)16-14(22)11-5-4-10(8-12(11)30-16)19(33)27-6-7-34-21(23,24)25/h4-5,8-9,30H,6-7H2,1-3H3,(H,27,33)(H2,26,28,29). The smallest absolute Gasteiger partial charge is 0.383 e. The van der Waals surface area contributed by atoms with Gasteiger partial charge in [-0.15, -0.1) is 13.2 Å². The normalized spacial score (nSPS) is 12.6. The van der Waals surface area contributed by atoms with Crippen molar-refractivity contribution in [1.29, 1.82) is 0 Å². The number of hydrogen-bond acceptors (Lipinski definition) is 6. The van der Waals surface area contributed by atoms with Crippen molar-refractivity contribution in [2.24, 2.45) is 0 Å². The minimum absolute atomic E-state index is 0.233. The van der Waals surface area contributed by atoms with Gasteiger partial charge in [-0.1, -0.05) is 17.7 Å². The molecule has 4 aromatic rings. The summed E-state index contributed by atoms with van der Waals surface area (Å²) < 4.78 is 41.6. The van der Waals surface area contributed by atoms with Crippen molar-refractivity contribution in [3.63, 3.8) is 0 Å². The summed E-state index contributed by atoms with van der Waals surface area (Å²) in [6.07, 6.45) is -3.39. The van der Waals surface area contributed by atoms with Crippen molar-refractivity contribution in [1.82, 2.24) is 30.0 Å². The van der Waals surface area contributed by atoms with E-state index in [-0.39, 0.29) is 17.9 Å². The van der Waals surface area contributed by atoms with Crippen molar-refractivity contribution in [3.8, 4) is 11.4 Å². The number of fused-ring (bicyclic) bond motifs is 2. The average molecular weight is 496 g/mol. The second-order valence-electron chi connectivity index (χ2n) is 8.51. The van der Waals surface area contributed by atoms with Gasteiger partial charge in [0.05, 0.1) is 28.2 Å². The molecule has 3 aromatic heterocycles. The summed E-state index contributed by atoms with van der Waals surface area (Å²) in [7, 11) is 0. The van der Waals surface area contributed by atoms with Crippen LogP contribution in [-0.2, 0) is 10.3 Å². The molecular formula is C21H21ClF3N7O2. The molecule has 1 amide bonds. The third-order valence-corrected chi connectivity index (χ3v) is 5.41. The number of nitrogens with one attached hydrogen (secondary N) is 2. The zero-order valence-electron chi connectivity index (χ0n) is 18.4. The van der Waals surface area contributed by atoms with E-state index in [2.05, 4.69) is 25.0 Å². The fourth-order valence-corrected chi connectivity index (χ4v) is 3.82. The van der Waals surface area contributed by atoms with Gasteiger partial charge in [-0.2, -0.15) is 5.10 Å². The predicted molar refractivity (Wildman–Crippen MR) is 121 cm³/mol. The molecule has 0 spiro atoms. The summed E-state index contributed by atoms with van der Waals surface area (Å²) >= 11 is 6.66. The monoisotopic (exact) mass is 495 g/mol. The van der Waals surface area contributed by atoms with Crippen LogP contribution in [0, 0.1) is 0 Å². The summed E-state index contributed by atoms with van der Waals surface area (Å²) in [5, 5.41) is 8.62. The first-order chi connectivity index (χ1) is 15.9. The first-order valence-corrected chi connectivity index (χ1v) is 10.5. The van der Waals surface area contributed by atoms with E-state index in [1.54, 1.807) is 16.8 Å². The molecule has 4 N–H and O–H groups in total. The van der Waals surface area contributed by atoms with Crippen LogP contribution in [0.1, 0.15) is 31.1 Å². The van der Waals surface area contributed by atoms with E-state index < -0.39 is 24.4 Å². The molecule has 0 bridgehead atoms. The molecule has 180 valence electrons. The molecule has 4 rings (SSSR count). The second kappa shape index (κ2) is 8.44. The molecule has 0 aliphatic rings. The van der Waals surface area contributed by atoms with Gasteiger partial charge >= 0.3 is 6.36 Å². The molecule has 9 nitrogen and oxygen atoms in total. The Morgan fingerprint density at radius 1 is 1.26 bits per heavy atom. The number of aromatic nitrogens is 5. The van der Waals surface area contributed by atoms with Gasteiger partial charge in [0.1, 0.15) is 17.8 Å². The number of rotatable bonds is 5. The first kappa shape index (κ1) is 23.8. The number of amides is 1. The minimum Gasteiger partial charge on any atom is -0.383 e. The molecule has 3 heterocycles.